The van der Waals surface area contributed by atoms with Gasteiger partial charge in [0, 0.05) is 15.5 Å². The highest BCUT2D eigenvalue weighted by Gasteiger charge is 2.30. The number of alkyl halides is 3. The predicted molar refractivity (Wildman–Crippen MR) is 124 cm³/mol. The van der Waals surface area contributed by atoms with Crippen LogP contribution in [-0.2, 0) is 41.8 Å². The number of rotatable bonds is 8. The molecule has 3 aromatic rings. The van der Waals surface area contributed by atoms with E-state index in [0.717, 1.165) is 33.0 Å². The van der Waals surface area contributed by atoms with Crippen molar-refractivity contribution in [3.8, 4) is 5.75 Å². The van der Waals surface area contributed by atoms with Crippen LogP contribution in [-0.4, -0.2) is 17.8 Å². The largest absolute Gasteiger partial charge is 0.416 e. The van der Waals surface area contributed by atoms with Gasteiger partial charge in [-0.3, -0.25) is 4.79 Å². The standard InChI is InChI=1S/C25H22F3NO5S/c1-15(17-5-9-19(10-6-17)33-34-31)29-24(30)23-20-12-13-32-14-22(20)35-21(23)11-4-16-2-7-18(8-3-16)25(26,27)28/h2-3,5-10,31H,1,4,11-14H2,(H,29,30). The molecule has 2 heterocycles. The zero-order valence-corrected chi connectivity index (χ0v) is 19.3. The highest BCUT2D eigenvalue weighted by atomic mass is 32.1. The molecule has 2 N–H and O–H groups in total. The summed E-state index contributed by atoms with van der Waals surface area (Å²) in [6.07, 6.45) is -2.77. The predicted octanol–water partition coefficient (Wildman–Crippen LogP) is 5.81. The molecule has 2 aromatic carbocycles. The lowest BCUT2D eigenvalue weighted by Crippen LogP contribution is -2.24. The maximum Gasteiger partial charge on any atom is 0.416 e. The molecule has 0 saturated heterocycles. The van der Waals surface area contributed by atoms with E-state index in [1.165, 1.54) is 23.5 Å². The second-order valence-corrected chi connectivity index (χ2v) is 9.10. The minimum Gasteiger partial charge on any atom is -0.376 e. The summed E-state index contributed by atoms with van der Waals surface area (Å²) in [7, 11) is 0. The normalized spacial score (nSPS) is 13.3. The van der Waals surface area contributed by atoms with Gasteiger partial charge >= 0.3 is 6.18 Å². The van der Waals surface area contributed by atoms with Crippen LogP contribution in [0.15, 0.2) is 55.1 Å². The van der Waals surface area contributed by atoms with Crippen LogP contribution in [0.25, 0.3) is 5.70 Å². The van der Waals surface area contributed by atoms with Crippen LogP contribution in [0.4, 0.5) is 13.2 Å². The van der Waals surface area contributed by atoms with Crippen LogP contribution < -0.4 is 10.2 Å². The van der Waals surface area contributed by atoms with Gasteiger partial charge in [0.25, 0.3) is 5.91 Å². The third-order valence-electron chi connectivity index (χ3n) is 5.64. The van der Waals surface area contributed by atoms with Crippen LogP contribution in [0.1, 0.15) is 42.4 Å². The van der Waals surface area contributed by atoms with Gasteiger partial charge in [0.05, 0.1) is 24.3 Å². The molecule has 35 heavy (non-hydrogen) atoms. The van der Waals surface area contributed by atoms with Crippen LogP contribution in [0.2, 0.25) is 0 Å². The smallest absolute Gasteiger partial charge is 0.376 e. The number of carbonyl (C=O) groups excluding carboxylic acids is 1. The van der Waals surface area contributed by atoms with Gasteiger partial charge in [-0.15, -0.1) is 11.3 Å². The van der Waals surface area contributed by atoms with Crippen molar-refractivity contribution in [2.75, 3.05) is 6.61 Å². The molecule has 0 fully saturated rings. The van der Waals surface area contributed by atoms with Crippen LogP contribution in [0, 0.1) is 0 Å². The first-order valence-electron chi connectivity index (χ1n) is 10.7. The Hall–Kier alpha value is -3.18. The molecule has 1 amide bonds. The lowest BCUT2D eigenvalue weighted by Gasteiger charge is -2.15. The minimum absolute atomic E-state index is 0.271. The van der Waals surface area contributed by atoms with Crippen LogP contribution in [0.3, 0.4) is 0 Å². The summed E-state index contributed by atoms with van der Waals surface area (Å²) in [6, 6.07) is 11.5. The topological polar surface area (TPSA) is 77.0 Å². The van der Waals surface area contributed by atoms with Gasteiger partial charge in [-0.1, -0.05) is 18.7 Å². The maximum atomic E-state index is 13.3. The SMILES string of the molecule is C=C(NC(=O)c1c(CCc2ccc(C(F)(F)F)cc2)sc2c1CCOC2)c1ccc(OOO)cc1. The Morgan fingerprint density at radius 1 is 1.11 bits per heavy atom. The lowest BCUT2D eigenvalue weighted by molar-refractivity contribution is -0.438. The molecule has 0 atom stereocenters. The molecule has 184 valence electrons. The zero-order chi connectivity index (χ0) is 25.0. The zero-order valence-electron chi connectivity index (χ0n) is 18.5. The van der Waals surface area contributed by atoms with Gasteiger partial charge in [-0.2, -0.15) is 13.2 Å². The molecule has 0 bridgehead atoms. The van der Waals surface area contributed by atoms with E-state index in [4.69, 9.17) is 9.99 Å². The maximum absolute atomic E-state index is 13.3. The van der Waals surface area contributed by atoms with Gasteiger partial charge in [-0.25, -0.2) is 5.26 Å². The first-order chi connectivity index (χ1) is 16.8. The summed E-state index contributed by atoms with van der Waals surface area (Å²) in [5.74, 6) is -0.0244. The number of amides is 1. The van der Waals surface area contributed by atoms with Crippen molar-refractivity contribution >= 4 is 22.9 Å². The highest BCUT2D eigenvalue weighted by Crippen LogP contribution is 2.34. The number of hydrogen-bond acceptors (Lipinski definition) is 6. The van der Waals surface area contributed by atoms with E-state index >= 15 is 0 Å². The number of fused-ring (bicyclic) bond motifs is 1. The molecule has 0 radical (unpaired) electrons. The molecule has 1 aliphatic heterocycles. The molecule has 10 heteroatoms. The summed E-state index contributed by atoms with van der Waals surface area (Å²) in [5, 5.41) is 14.8. The van der Waals surface area contributed by atoms with E-state index < -0.39 is 11.7 Å². The first-order valence-corrected chi connectivity index (χ1v) is 11.5. The lowest BCUT2D eigenvalue weighted by atomic mass is 9.99. The summed E-state index contributed by atoms with van der Waals surface area (Å²) >= 11 is 1.50. The van der Waals surface area contributed by atoms with Crippen molar-refractivity contribution < 1.29 is 37.9 Å². The average molecular weight is 506 g/mol. The van der Waals surface area contributed by atoms with Crippen LogP contribution in [0.5, 0.6) is 5.75 Å². The third kappa shape index (κ3) is 5.91. The highest BCUT2D eigenvalue weighted by molar-refractivity contribution is 7.12. The Kier molecular flexibility index (Phi) is 7.56. The Morgan fingerprint density at radius 2 is 1.83 bits per heavy atom. The Bertz CT molecular complexity index is 1200. The van der Waals surface area contributed by atoms with Gasteiger partial charge in [-0.05, 0) is 77.4 Å². The Morgan fingerprint density at radius 3 is 2.49 bits per heavy atom. The molecular formula is C25H22F3NO5S. The second-order valence-electron chi connectivity index (χ2n) is 7.91. The molecule has 0 saturated carbocycles. The molecule has 4 rings (SSSR count). The van der Waals surface area contributed by atoms with E-state index in [2.05, 4.69) is 21.8 Å². The number of thiophene rings is 1. The van der Waals surface area contributed by atoms with E-state index in [0.29, 0.717) is 49.3 Å². The number of nitrogens with one attached hydrogen (secondary N) is 1. The van der Waals surface area contributed by atoms with E-state index in [1.807, 2.05) is 0 Å². The molecule has 6 nitrogen and oxygen atoms in total. The first kappa shape index (κ1) is 24.9. The Balaban J connectivity index is 1.51. The van der Waals surface area contributed by atoms with Crippen molar-refractivity contribution in [2.45, 2.75) is 32.0 Å². The molecular weight excluding hydrogens is 483 g/mol. The quantitative estimate of drug-likeness (QED) is 0.299. The third-order valence-corrected chi connectivity index (χ3v) is 6.91. The summed E-state index contributed by atoms with van der Waals surface area (Å²) in [5.41, 5.74) is 2.61. The Labute approximate surface area is 203 Å². The number of carbonyl (C=O) groups is 1. The average Bonchev–Trinajstić information content (AvgIpc) is 3.21. The van der Waals surface area contributed by atoms with Crippen molar-refractivity contribution in [3.05, 3.63) is 92.7 Å². The number of benzene rings is 2. The van der Waals surface area contributed by atoms with Gasteiger partial charge in [0.1, 0.15) is 0 Å². The number of hydrogen-bond donors (Lipinski definition) is 2. The van der Waals surface area contributed by atoms with E-state index in [-0.39, 0.29) is 11.7 Å². The molecule has 0 unspecified atom stereocenters. The molecule has 0 aliphatic carbocycles. The van der Waals surface area contributed by atoms with Crippen molar-refractivity contribution in [3.63, 3.8) is 0 Å². The number of ether oxygens (including phenoxy) is 1. The fraction of sp³-hybridized carbons (Fsp3) is 0.240. The monoisotopic (exact) mass is 505 g/mol. The van der Waals surface area contributed by atoms with E-state index in [9.17, 15) is 18.0 Å². The number of aryl methyl sites for hydroxylation is 2. The van der Waals surface area contributed by atoms with Gasteiger partial charge in [0.15, 0.2) is 5.75 Å². The van der Waals surface area contributed by atoms with Crippen molar-refractivity contribution in [2.24, 2.45) is 0 Å². The van der Waals surface area contributed by atoms with Gasteiger partial charge < -0.3 is 14.9 Å². The summed E-state index contributed by atoms with van der Waals surface area (Å²) in [4.78, 5) is 19.7. The van der Waals surface area contributed by atoms with E-state index in [1.54, 1.807) is 24.3 Å². The summed E-state index contributed by atoms with van der Waals surface area (Å²) in [6.45, 7) is 4.89. The van der Waals surface area contributed by atoms with Crippen molar-refractivity contribution in [1.82, 2.24) is 5.32 Å². The van der Waals surface area contributed by atoms with Crippen LogP contribution >= 0.6 is 11.3 Å². The second kappa shape index (κ2) is 10.6. The van der Waals surface area contributed by atoms with Crippen molar-refractivity contribution in [1.29, 1.82) is 0 Å². The number of halogens is 3. The molecule has 1 aliphatic rings. The molecule has 1 aromatic heterocycles. The minimum atomic E-state index is -4.38. The van der Waals surface area contributed by atoms with Gasteiger partial charge in [0.2, 0.25) is 0 Å². The fourth-order valence-corrected chi connectivity index (χ4v) is 5.16. The fourth-order valence-electron chi connectivity index (χ4n) is 3.87. The molecule has 0 spiro atoms. The summed E-state index contributed by atoms with van der Waals surface area (Å²) < 4.78 is 44.1.